The molecule has 41 heavy (non-hydrogen) atoms. The first-order chi connectivity index (χ1) is 19.8. The number of ether oxygens (including phenoxy) is 2. The van der Waals surface area contributed by atoms with Crippen molar-refractivity contribution in [1.82, 2.24) is 10.2 Å². The van der Waals surface area contributed by atoms with Crippen molar-refractivity contribution in [3.63, 3.8) is 0 Å². The molecule has 9 nitrogen and oxygen atoms in total. The molecule has 1 aromatic rings. The summed E-state index contributed by atoms with van der Waals surface area (Å²) in [4.78, 5) is 43.8. The average molecular weight is 563 g/mol. The Kier molecular flexibility index (Phi) is 9.00. The first-order valence-electron chi connectivity index (χ1n) is 14.9. The van der Waals surface area contributed by atoms with E-state index in [0.29, 0.717) is 38.3 Å². The summed E-state index contributed by atoms with van der Waals surface area (Å²) in [5, 5.41) is 2.48. The van der Waals surface area contributed by atoms with Crippen LogP contribution in [0.2, 0.25) is 0 Å². The second-order valence-electron chi connectivity index (χ2n) is 11.6. The minimum Gasteiger partial charge on any atom is -0.490 e. The molecule has 0 bridgehead atoms. The maximum absolute atomic E-state index is 13.1. The predicted octanol–water partition coefficient (Wildman–Crippen LogP) is 3.95. The third-order valence-electron chi connectivity index (χ3n) is 8.55. The standard InChI is InChI=1S/C32H42N4O5/c1-4-24(20-22(2)3)41-25-12-16-35(17-13-25)30(38)21-23-10-14-34(15-11-23)26-6-5-7-27-31(26)40-19-18-36(27)28-8-9-29(37)33-32(28)39/h4-7,20,23,25,28H,1-2,8-19,21H2,3H3,(H,33,37,39)/b24-20+. The van der Waals surface area contributed by atoms with Crippen LogP contribution in [-0.4, -0.2) is 74.1 Å². The molecule has 3 fully saturated rings. The highest BCUT2D eigenvalue weighted by Gasteiger charge is 2.36. The summed E-state index contributed by atoms with van der Waals surface area (Å²) in [6.45, 7) is 13.9. The number of nitrogens with one attached hydrogen (secondary N) is 1. The van der Waals surface area contributed by atoms with Crippen LogP contribution in [-0.2, 0) is 19.1 Å². The Bertz CT molecular complexity index is 1210. The number of piperidine rings is 3. The van der Waals surface area contributed by atoms with Gasteiger partial charge in [0.25, 0.3) is 0 Å². The van der Waals surface area contributed by atoms with Crippen molar-refractivity contribution in [2.45, 2.75) is 64.0 Å². The molecule has 0 saturated carbocycles. The number of hydrogen-bond acceptors (Lipinski definition) is 7. The number of carbonyl (C=O) groups is 3. The van der Waals surface area contributed by atoms with Gasteiger partial charge in [0.15, 0.2) is 5.75 Å². The summed E-state index contributed by atoms with van der Waals surface area (Å²) in [6, 6.07) is 5.72. The van der Waals surface area contributed by atoms with Crippen molar-refractivity contribution in [3.8, 4) is 5.75 Å². The summed E-state index contributed by atoms with van der Waals surface area (Å²) in [5.41, 5.74) is 2.86. The third kappa shape index (κ3) is 6.77. The molecular formula is C32H42N4O5. The Morgan fingerprint density at radius 2 is 1.80 bits per heavy atom. The van der Waals surface area contributed by atoms with E-state index in [-0.39, 0.29) is 29.9 Å². The minimum absolute atomic E-state index is 0.0934. The number of amides is 3. The van der Waals surface area contributed by atoms with E-state index in [1.165, 1.54) is 0 Å². The van der Waals surface area contributed by atoms with Gasteiger partial charge in [-0.05, 0) is 56.4 Å². The fraction of sp³-hybridized carbons (Fsp3) is 0.531. The fourth-order valence-electron chi connectivity index (χ4n) is 6.36. The second kappa shape index (κ2) is 12.8. The van der Waals surface area contributed by atoms with Gasteiger partial charge in [0, 0.05) is 51.9 Å². The number of benzene rings is 1. The van der Waals surface area contributed by atoms with Gasteiger partial charge in [-0.15, -0.1) is 0 Å². The Balaban J connectivity index is 1.13. The molecule has 1 N–H and O–H groups in total. The number of anilines is 2. The fourth-order valence-corrected chi connectivity index (χ4v) is 6.36. The zero-order valence-electron chi connectivity index (χ0n) is 24.1. The van der Waals surface area contributed by atoms with Crippen LogP contribution in [0, 0.1) is 5.92 Å². The molecule has 0 spiro atoms. The van der Waals surface area contributed by atoms with Crippen LogP contribution in [0.5, 0.6) is 5.75 Å². The third-order valence-corrected chi connectivity index (χ3v) is 8.55. The smallest absolute Gasteiger partial charge is 0.249 e. The van der Waals surface area contributed by atoms with Crippen LogP contribution in [0.3, 0.4) is 0 Å². The molecule has 4 aliphatic rings. The molecule has 0 aliphatic carbocycles. The summed E-state index contributed by atoms with van der Waals surface area (Å²) < 4.78 is 12.2. The lowest BCUT2D eigenvalue weighted by molar-refractivity contribution is -0.135. The average Bonchev–Trinajstić information content (AvgIpc) is 2.97. The molecule has 0 radical (unpaired) electrons. The van der Waals surface area contributed by atoms with Crippen molar-refractivity contribution in [2.75, 3.05) is 49.1 Å². The number of rotatable bonds is 8. The minimum atomic E-state index is -0.365. The van der Waals surface area contributed by atoms with Crippen molar-refractivity contribution < 1.29 is 23.9 Å². The van der Waals surface area contributed by atoms with Crippen LogP contribution in [0.4, 0.5) is 11.4 Å². The molecule has 4 heterocycles. The maximum Gasteiger partial charge on any atom is 0.249 e. The monoisotopic (exact) mass is 562 g/mol. The van der Waals surface area contributed by atoms with Crippen LogP contribution in [0.1, 0.15) is 51.9 Å². The molecule has 9 heteroatoms. The van der Waals surface area contributed by atoms with Crippen molar-refractivity contribution in [3.05, 3.63) is 54.8 Å². The van der Waals surface area contributed by atoms with Gasteiger partial charge in [-0.3, -0.25) is 19.7 Å². The molecule has 5 rings (SSSR count). The lowest BCUT2D eigenvalue weighted by Crippen LogP contribution is -2.54. The van der Waals surface area contributed by atoms with E-state index < -0.39 is 0 Å². The van der Waals surface area contributed by atoms with Gasteiger partial charge in [-0.1, -0.05) is 24.8 Å². The zero-order valence-corrected chi connectivity index (χ0v) is 24.1. The predicted molar refractivity (Wildman–Crippen MR) is 159 cm³/mol. The van der Waals surface area contributed by atoms with E-state index in [9.17, 15) is 14.4 Å². The Morgan fingerprint density at radius 1 is 1.07 bits per heavy atom. The number of nitrogens with zero attached hydrogens (tertiary/aromatic N) is 3. The van der Waals surface area contributed by atoms with Gasteiger partial charge in [-0.25, -0.2) is 0 Å². The van der Waals surface area contributed by atoms with E-state index in [2.05, 4.69) is 34.3 Å². The molecule has 3 saturated heterocycles. The number of allylic oxidation sites excluding steroid dienone is 3. The number of hydrogen-bond donors (Lipinski definition) is 1. The summed E-state index contributed by atoms with van der Waals surface area (Å²) >= 11 is 0. The highest BCUT2D eigenvalue weighted by Crippen LogP contribution is 2.43. The van der Waals surface area contributed by atoms with Gasteiger partial charge >= 0.3 is 0 Å². The van der Waals surface area contributed by atoms with E-state index in [4.69, 9.17) is 9.47 Å². The molecule has 0 aromatic heterocycles. The number of imide groups is 1. The number of para-hydroxylation sites is 1. The van der Waals surface area contributed by atoms with E-state index >= 15 is 0 Å². The zero-order chi connectivity index (χ0) is 28.9. The normalized spacial score (nSPS) is 22.5. The Morgan fingerprint density at radius 3 is 2.49 bits per heavy atom. The molecule has 1 atom stereocenters. The molecule has 1 aromatic carbocycles. The van der Waals surface area contributed by atoms with E-state index in [1.807, 2.05) is 30.0 Å². The molecule has 220 valence electrons. The van der Waals surface area contributed by atoms with E-state index in [1.54, 1.807) is 6.08 Å². The summed E-state index contributed by atoms with van der Waals surface area (Å²) in [6.07, 6.45) is 8.67. The maximum atomic E-state index is 13.1. The first-order valence-corrected chi connectivity index (χ1v) is 14.9. The van der Waals surface area contributed by atoms with Crippen LogP contribution in [0.15, 0.2) is 54.8 Å². The second-order valence-corrected chi connectivity index (χ2v) is 11.6. The largest absolute Gasteiger partial charge is 0.490 e. The lowest BCUT2D eigenvalue weighted by Gasteiger charge is -2.41. The lowest BCUT2D eigenvalue weighted by atomic mass is 9.92. The quantitative estimate of drug-likeness (QED) is 0.292. The molecule has 4 aliphatic heterocycles. The molecule has 3 amide bonds. The summed E-state index contributed by atoms with van der Waals surface area (Å²) in [7, 11) is 0. The SMILES string of the molecule is C=C/C(=C\C(=C)C)OC1CCN(C(=O)CC2CCN(c3cccc4c3OCCN4C3CCC(=O)NC3=O)CC2)CC1. The molecular weight excluding hydrogens is 520 g/mol. The van der Waals surface area contributed by atoms with Crippen molar-refractivity contribution >= 4 is 29.1 Å². The number of carbonyl (C=O) groups excluding carboxylic acids is 3. The van der Waals surface area contributed by atoms with Crippen LogP contribution in [0.25, 0.3) is 0 Å². The summed E-state index contributed by atoms with van der Waals surface area (Å²) in [5.74, 6) is 1.70. The van der Waals surface area contributed by atoms with Gasteiger partial charge in [0.05, 0.1) is 17.9 Å². The molecule has 1 unspecified atom stereocenters. The van der Waals surface area contributed by atoms with Crippen LogP contribution >= 0.6 is 0 Å². The highest BCUT2D eigenvalue weighted by atomic mass is 16.5. The number of fused-ring (bicyclic) bond motifs is 1. The van der Waals surface area contributed by atoms with Gasteiger partial charge in [-0.2, -0.15) is 0 Å². The van der Waals surface area contributed by atoms with Crippen molar-refractivity contribution in [1.29, 1.82) is 0 Å². The van der Waals surface area contributed by atoms with Crippen molar-refractivity contribution in [2.24, 2.45) is 5.92 Å². The Hall–Kier alpha value is -3.75. The van der Waals surface area contributed by atoms with Crippen LogP contribution < -0.4 is 19.9 Å². The number of likely N-dealkylation sites (tertiary alicyclic amines) is 1. The highest BCUT2D eigenvalue weighted by molar-refractivity contribution is 6.02. The van der Waals surface area contributed by atoms with Gasteiger partial charge in [0.1, 0.15) is 24.5 Å². The topological polar surface area (TPSA) is 91.4 Å². The van der Waals surface area contributed by atoms with Gasteiger partial charge in [0.2, 0.25) is 17.7 Å². The van der Waals surface area contributed by atoms with Gasteiger partial charge < -0.3 is 24.2 Å². The van der Waals surface area contributed by atoms with E-state index in [0.717, 1.165) is 80.3 Å². The Labute approximate surface area is 242 Å². The first kappa shape index (κ1) is 28.8.